The van der Waals surface area contributed by atoms with Crippen LogP contribution in [0.4, 0.5) is 4.79 Å². The maximum Gasteiger partial charge on any atom is 0.317 e. The van der Waals surface area contributed by atoms with Crippen LogP contribution in [0.15, 0.2) is 0 Å². The molecule has 0 saturated carbocycles. The molecule has 1 rings (SSSR count). The Kier molecular flexibility index (Phi) is 5.29. The summed E-state index contributed by atoms with van der Waals surface area (Å²) in [4.78, 5) is 29.0. The Bertz CT molecular complexity index is 473. The molecule has 0 fully saturated rings. The fourth-order valence-corrected chi connectivity index (χ4v) is 2.60. The first-order chi connectivity index (χ1) is 8.81. The molecule has 1 aromatic heterocycles. The lowest BCUT2D eigenvalue weighted by Gasteiger charge is -2.20. The van der Waals surface area contributed by atoms with Gasteiger partial charge in [-0.3, -0.25) is 4.79 Å². The van der Waals surface area contributed by atoms with Crippen LogP contribution in [-0.2, 0) is 4.79 Å². The molecule has 2 amide bonds. The van der Waals surface area contributed by atoms with E-state index in [2.05, 4.69) is 10.3 Å². The van der Waals surface area contributed by atoms with Crippen molar-refractivity contribution >= 4 is 23.3 Å². The van der Waals surface area contributed by atoms with Crippen LogP contribution < -0.4 is 5.32 Å². The molecule has 0 saturated heterocycles. The zero-order valence-electron chi connectivity index (χ0n) is 11.6. The molecule has 1 atom stereocenters. The molecule has 0 aliphatic heterocycles. The lowest BCUT2D eigenvalue weighted by atomic mass is 10.2. The summed E-state index contributed by atoms with van der Waals surface area (Å²) in [5.74, 6) is -0.915. The third kappa shape index (κ3) is 4.51. The number of nitrogens with zero attached hydrogens (tertiary/aromatic N) is 2. The van der Waals surface area contributed by atoms with Crippen molar-refractivity contribution in [2.45, 2.75) is 33.2 Å². The second kappa shape index (κ2) is 6.51. The smallest absolute Gasteiger partial charge is 0.317 e. The highest BCUT2D eigenvalue weighted by atomic mass is 32.1. The van der Waals surface area contributed by atoms with Crippen molar-refractivity contribution < 1.29 is 14.7 Å². The summed E-state index contributed by atoms with van der Waals surface area (Å²) in [6, 6.07) is -0.412. The van der Waals surface area contributed by atoms with E-state index in [0.29, 0.717) is 0 Å². The fraction of sp³-hybridized carbons (Fsp3) is 0.583. The standard InChI is InChI=1S/C12H19N3O3S/c1-7-11(19-9(3)13-7)8(2)14-12(18)15(4)6-5-10(16)17/h8H,5-6H2,1-4H3,(H,14,18)(H,16,17). The van der Waals surface area contributed by atoms with E-state index in [1.807, 2.05) is 20.8 Å². The summed E-state index contributed by atoms with van der Waals surface area (Å²) >= 11 is 1.56. The monoisotopic (exact) mass is 285 g/mol. The minimum Gasteiger partial charge on any atom is -0.481 e. The van der Waals surface area contributed by atoms with Crippen LogP contribution >= 0.6 is 11.3 Å². The Morgan fingerprint density at radius 3 is 2.58 bits per heavy atom. The molecule has 0 aliphatic rings. The third-order valence-corrected chi connectivity index (χ3v) is 3.94. The zero-order valence-corrected chi connectivity index (χ0v) is 12.4. The van der Waals surface area contributed by atoms with Gasteiger partial charge in [0.15, 0.2) is 0 Å². The molecule has 0 aliphatic carbocycles. The van der Waals surface area contributed by atoms with Gasteiger partial charge in [0, 0.05) is 18.5 Å². The molecular formula is C12H19N3O3S. The quantitative estimate of drug-likeness (QED) is 0.866. The number of hydrogen-bond acceptors (Lipinski definition) is 4. The van der Waals surface area contributed by atoms with E-state index < -0.39 is 5.97 Å². The van der Waals surface area contributed by atoms with Crippen molar-refractivity contribution in [1.29, 1.82) is 0 Å². The van der Waals surface area contributed by atoms with Gasteiger partial charge in [-0.1, -0.05) is 0 Å². The number of aliphatic carboxylic acids is 1. The minimum atomic E-state index is -0.915. The molecule has 1 heterocycles. The van der Waals surface area contributed by atoms with Crippen molar-refractivity contribution in [1.82, 2.24) is 15.2 Å². The summed E-state index contributed by atoms with van der Waals surface area (Å²) in [5, 5.41) is 12.4. The first-order valence-electron chi connectivity index (χ1n) is 5.98. The maximum absolute atomic E-state index is 11.9. The highest BCUT2D eigenvalue weighted by Crippen LogP contribution is 2.24. The van der Waals surface area contributed by atoms with Crippen LogP contribution in [0, 0.1) is 13.8 Å². The molecule has 1 unspecified atom stereocenters. The highest BCUT2D eigenvalue weighted by Gasteiger charge is 2.17. The molecule has 6 nitrogen and oxygen atoms in total. The first kappa shape index (κ1) is 15.4. The van der Waals surface area contributed by atoms with Crippen molar-refractivity contribution in [3.63, 3.8) is 0 Å². The number of carbonyl (C=O) groups excluding carboxylic acids is 1. The molecule has 0 bridgehead atoms. The van der Waals surface area contributed by atoms with Gasteiger partial charge in [0.1, 0.15) is 0 Å². The van der Waals surface area contributed by atoms with E-state index in [1.54, 1.807) is 18.4 Å². The molecule has 7 heteroatoms. The van der Waals surface area contributed by atoms with Crippen LogP contribution in [0.5, 0.6) is 0 Å². The van der Waals surface area contributed by atoms with E-state index in [9.17, 15) is 9.59 Å². The summed E-state index contributed by atoms with van der Waals surface area (Å²) in [7, 11) is 1.58. The normalized spacial score (nSPS) is 12.0. The van der Waals surface area contributed by atoms with Gasteiger partial charge in [-0.05, 0) is 20.8 Å². The van der Waals surface area contributed by atoms with Gasteiger partial charge < -0.3 is 15.3 Å². The maximum atomic E-state index is 11.9. The summed E-state index contributed by atoms with van der Waals surface area (Å²) in [5.41, 5.74) is 0.920. The van der Waals surface area contributed by atoms with Gasteiger partial charge in [0.05, 0.1) is 23.2 Å². The molecule has 2 N–H and O–H groups in total. The summed E-state index contributed by atoms with van der Waals surface area (Å²) < 4.78 is 0. The Morgan fingerprint density at radius 2 is 2.11 bits per heavy atom. The molecule has 0 radical (unpaired) electrons. The number of rotatable bonds is 5. The molecular weight excluding hydrogens is 266 g/mol. The number of amides is 2. The van der Waals surface area contributed by atoms with Crippen molar-refractivity contribution in [2.75, 3.05) is 13.6 Å². The van der Waals surface area contributed by atoms with Crippen LogP contribution in [0.3, 0.4) is 0 Å². The van der Waals surface area contributed by atoms with Gasteiger partial charge in [-0.25, -0.2) is 9.78 Å². The predicted molar refractivity (Wildman–Crippen MR) is 73.4 cm³/mol. The van der Waals surface area contributed by atoms with E-state index in [4.69, 9.17) is 5.11 Å². The molecule has 106 valence electrons. The van der Waals surface area contributed by atoms with E-state index in [-0.39, 0.29) is 25.0 Å². The first-order valence-corrected chi connectivity index (χ1v) is 6.80. The van der Waals surface area contributed by atoms with Gasteiger partial charge in [-0.15, -0.1) is 11.3 Å². The number of thiazole rings is 1. The predicted octanol–water partition coefficient (Wildman–Crippen LogP) is 1.94. The third-order valence-electron chi connectivity index (χ3n) is 2.68. The minimum absolute atomic E-state index is 0.0585. The van der Waals surface area contributed by atoms with Crippen molar-refractivity contribution in [3.05, 3.63) is 15.6 Å². The highest BCUT2D eigenvalue weighted by molar-refractivity contribution is 7.11. The van der Waals surface area contributed by atoms with Gasteiger partial charge in [-0.2, -0.15) is 0 Å². The second-order valence-electron chi connectivity index (χ2n) is 4.42. The Labute approximate surface area is 116 Å². The van der Waals surface area contributed by atoms with Gasteiger partial charge in [0.25, 0.3) is 0 Å². The molecule has 0 aromatic carbocycles. The largest absolute Gasteiger partial charge is 0.481 e. The summed E-state index contributed by atoms with van der Waals surface area (Å²) in [6.45, 7) is 5.92. The van der Waals surface area contributed by atoms with Crippen LogP contribution in [0.2, 0.25) is 0 Å². The number of aryl methyl sites for hydroxylation is 2. The zero-order chi connectivity index (χ0) is 14.6. The number of carboxylic acids is 1. The average molecular weight is 285 g/mol. The Morgan fingerprint density at radius 1 is 1.47 bits per heavy atom. The molecule has 19 heavy (non-hydrogen) atoms. The van der Waals surface area contributed by atoms with Gasteiger partial charge >= 0.3 is 12.0 Å². The van der Waals surface area contributed by atoms with Gasteiger partial charge in [0.2, 0.25) is 0 Å². The average Bonchev–Trinajstić information content (AvgIpc) is 2.65. The number of aromatic nitrogens is 1. The van der Waals surface area contributed by atoms with E-state index >= 15 is 0 Å². The van der Waals surface area contributed by atoms with E-state index in [1.165, 1.54) is 4.90 Å². The second-order valence-corrected chi connectivity index (χ2v) is 5.65. The van der Waals surface area contributed by atoms with Crippen molar-refractivity contribution in [2.24, 2.45) is 0 Å². The molecule has 1 aromatic rings. The number of carbonyl (C=O) groups is 2. The number of urea groups is 1. The SMILES string of the molecule is Cc1nc(C)c(C(C)NC(=O)N(C)CCC(=O)O)s1. The van der Waals surface area contributed by atoms with E-state index in [0.717, 1.165) is 15.6 Å². The van der Waals surface area contributed by atoms with Crippen LogP contribution in [0.25, 0.3) is 0 Å². The Hall–Kier alpha value is -1.63. The lowest BCUT2D eigenvalue weighted by Crippen LogP contribution is -2.39. The number of hydrogen-bond donors (Lipinski definition) is 2. The Balaban J connectivity index is 2.56. The topological polar surface area (TPSA) is 82.5 Å². The summed E-state index contributed by atoms with van der Waals surface area (Å²) in [6.07, 6.45) is -0.0585. The lowest BCUT2D eigenvalue weighted by molar-refractivity contribution is -0.137. The number of nitrogens with one attached hydrogen (secondary N) is 1. The van der Waals surface area contributed by atoms with Crippen LogP contribution in [-0.4, -0.2) is 40.6 Å². The van der Waals surface area contributed by atoms with Crippen molar-refractivity contribution in [3.8, 4) is 0 Å². The molecule has 0 spiro atoms. The fourth-order valence-electron chi connectivity index (χ4n) is 1.67. The van der Waals surface area contributed by atoms with Crippen LogP contribution in [0.1, 0.15) is 35.0 Å². The number of carboxylic acid groups (broad SMARTS) is 1.